The van der Waals surface area contributed by atoms with Gasteiger partial charge in [-0.05, 0) is 12.1 Å². The highest BCUT2D eigenvalue weighted by Gasteiger charge is 2.13. The summed E-state index contributed by atoms with van der Waals surface area (Å²) in [4.78, 5) is 3.68. The van der Waals surface area contributed by atoms with E-state index in [4.69, 9.17) is 17.3 Å². The third-order valence-corrected chi connectivity index (χ3v) is 1.65. The van der Waals surface area contributed by atoms with Crippen molar-refractivity contribution in [3.05, 3.63) is 23.4 Å². The Balaban J connectivity index is 3.11. The number of pyridine rings is 1. The molecule has 1 aromatic heterocycles. The van der Waals surface area contributed by atoms with Gasteiger partial charge in [-0.1, -0.05) is 0 Å². The fraction of sp³-hybridized carbons (Fsp3) is 0.286. The van der Waals surface area contributed by atoms with Crippen LogP contribution in [0, 0.1) is 0 Å². The van der Waals surface area contributed by atoms with Crippen molar-refractivity contribution in [3.8, 4) is 0 Å². The summed E-state index contributed by atoms with van der Waals surface area (Å²) in [7, 11) is 0. The number of rotatable bonds is 2. The first-order chi connectivity index (χ1) is 5.65. The molecule has 0 aliphatic rings. The second kappa shape index (κ2) is 3.67. The third kappa shape index (κ3) is 1.82. The number of aromatic nitrogens is 1. The van der Waals surface area contributed by atoms with E-state index in [1.807, 2.05) is 0 Å². The van der Waals surface area contributed by atoms with Gasteiger partial charge in [0, 0.05) is 5.56 Å². The topological polar surface area (TPSA) is 38.9 Å². The second-order valence-corrected chi connectivity index (χ2v) is 2.47. The summed E-state index contributed by atoms with van der Waals surface area (Å²) in [6.45, 7) is 0. The van der Waals surface area contributed by atoms with E-state index in [0.29, 0.717) is 0 Å². The van der Waals surface area contributed by atoms with Crippen LogP contribution in [0.4, 0.5) is 14.6 Å². The Labute approximate surface area is 73.4 Å². The molecule has 1 heterocycles. The molecule has 0 spiro atoms. The summed E-state index contributed by atoms with van der Waals surface area (Å²) in [5.74, 6) is 0.153. The van der Waals surface area contributed by atoms with Crippen molar-refractivity contribution in [2.75, 3.05) is 5.73 Å². The number of hydrogen-bond acceptors (Lipinski definition) is 2. The van der Waals surface area contributed by atoms with Crippen molar-refractivity contribution in [3.63, 3.8) is 0 Å². The molecule has 1 rings (SSSR count). The lowest BCUT2D eigenvalue weighted by molar-refractivity contribution is 0.150. The van der Waals surface area contributed by atoms with Crippen LogP contribution in [0.3, 0.4) is 0 Å². The molecular weight excluding hydrogens is 186 g/mol. The van der Waals surface area contributed by atoms with E-state index >= 15 is 0 Å². The van der Waals surface area contributed by atoms with Crippen molar-refractivity contribution in [2.45, 2.75) is 12.3 Å². The van der Waals surface area contributed by atoms with Gasteiger partial charge in [0.1, 0.15) is 5.82 Å². The average Bonchev–Trinajstić information content (AvgIpc) is 2.03. The Hall–Kier alpha value is -0.900. The first kappa shape index (κ1) is 9.19. The summed E-state index contributed by atoms with van der Waals surface area (Å²) < 4.78 is 24.4. The normalized spacial score (nSPS) is 10.7. The lowest BCUT2D eigenvalue weighted by atomic mass is 10.2. The minimum atomic E-state index is -2.55. The Morgan fingerprint density at radius 3 is 2.67 bits per heavy atom. The summed E-state index contributed by atoms with van der Waals surface area (Å²) >= 11 is 5.40. The molecule has 0 fully saturated rings. The van der Waals surface area contributed by atoms with E-state index in [2.05, 4.69) is 4.98 Å². The molecule has 0 aliphatic heterocycles. The molecular formula is C7H7ClF2N2. The molecule has 1 aromatic rings. The highest BCUT2D eigenvalue weighted by atomic mass is 35.5. The molecule has 0 atom stereocenters. The molecule has 2 nitrogen and oxygen atoms in total. The first-order valence-electron chi connectivity index (χ1n) is 3.24. The van der Waals surface area contributed by atoms with Crippen LogP contribution < -0.4 is 5.73 Å². The van der Waals surface area contributed by atoms with E-state index in [0.717, 1.165) is 0 Å². The van der Waals surface area contributed by atoms with Crippen LogP contribution in [0.2, 0.25) is 0 Å². The lowest BCUT2D eigenvalue weighted by Gasteiger charge is -2.04. The second-order valence-electron chi connectivity index (χ2n) is 2.21. The number of nitrogen functional groups attached to an aromatic ring is 1. The fourth-order valence-electron chi connectivity index (χ4n) is 0.835. The van der Waals surface area contributed by atoms with Crippen molar-refractivity contribution in [1.82, 2.24) is 4.98 Å². The SMILES string of the molecule is Nc1ccc(C(F)F)c(CCl)n1. The van der Waals surface area contributed by atoms with E-state index in [-0.39, 0.29) is 23.0 Å². The van der Waals surface area contributed by atoms with Crippen molar-refractivity contribution >= 4 is 17.4 Å². The van der Waals surface area contributed by atoms with Crippen LogP contribution in [-0.4, -0.2) is 4.98 Å². The first-order valence-corrected chi connectivity index (χ1v) is 3.78. The Bertz CT molecular complexity index is 278. The van der Waals surface area contributed by atoms with Gasteiger partial charge in [0.15, 0.2) is 0 Å². The number of hydrogen-bond donors (Lipinski definition) is 1. The number of anilines is 1. The highest BCUT2D eigenvalue weighted by molar-refractivity contribution is 6.17. The van der Waals surface area contributed by atoms with Gasteiger partial charge in [-0.2, -0.15) is 0 Å². The summed E-state index contributed by atoms with van der Waals surface area (Å²) in [6, 6.07) is 2.57. The van der Waals surface area contributed by atoms with Gasteiger partial charge in [-0.3, -0.25) is 0 Å². The van der Waals surface area contributed by atoms with E-state index in [9.17, 15) is 8.78 Å². The molecule has 0 saturated carbocycles. The molecule has 0 radical (unpaired) electrons. The Morgan fingerprint density at radius 1 is 1.50 bits per heavy atom. The average molecular weight is 193 g/mol. The Kier molecular flexibility index (Phi) is 2.81. The van der Waals surface area contributed by atoms with Crippen LogP contribution >= 0.6 is 11.6 Å². The molecule has 0 aromatic carbocycles. The van der Waals surface area contributed by atoms with Crippen LogP contribution in [0.15, 0.2) is 12.1 Å². The predicted molar refractivity (Wildman–Crippen MR) is 43.2 cm³/mol. The maximum atomic E-state index is 12.2. The molecule has 0 aliphatic carbocycles. The van der Waals surface area contributed by atoms with Crippen LogP contribution in [-0.2, 0) is 5.88 Å². The van der Waals surface area contributed by atoms with Crippen LogP contribution in [0.5, 0.6) is 0 Å². The molecule has 12 heavy (non-hydrogen) atoms. The lowest BCUT2D eigenvalue weighted by Crippen LogP contribution is -1.99. The molecule has 2 N–H and O–H groups in total. The molecule has 66 valence electrons. The predicted octanol–water partition coefficient (Wildman–Crippen LogP) is 2.34. The van der Waals surface area contributed by atoms with Crippen molar-refractivity contribution in [1.29, 1.82) is 0 Å². The molecule has 0 amide bonds. The third-order valence-electron chi connectivity index (χ3n) is 1.39. The maximum absolute atomic E-state index is 12.2. The van der Waals surface area contributed by atoms with Gasteiger partial charge in [-0.15, -0.1) is 11.6 Å². The van der Waals surface area contributed by atoms with Crippen LogP contribution in [0.25, 0.3) is 0 Å². The van der Waals surface area contributed by atoms with Gasteiger partial charge in [0.25, 0.3) is 6.43 Å². The fourth-order valence-corrected chi connectivity index (χ4v) is 1.05. The molecule has 0 saturated heterocycles. The summed E-state index contributed by atoms with van der Waals surface area (Å²) in [5, 5.41) is 0. The summed E-state index contributed by atoms with van der Waals surface area (Å²) in [5.41, 5.74) is 5.28. The van der Waals surface area contributed by atoms with Crippen LogP contribution in [0.1, 0.15) is 17.7 Å². The van der Waals surface area contributed by atoms with E-state index < -0.39 is 6.43 Å². The van der Waals surface area contributed by atoms with Crippen molar-refractivity contribution < 1.29 is 8.78 Å². The zero-order valence-corrected chi connectivity index (χ0v) is 6.85. The number of halogens is 3. The quantitative estimate of drug-likeness (QED) is 0.731. The molecule has 5 heteroatoms. The monoisotopic (exact) mass is 192 g/mol. The maximum Gasteiger partial charge on any atom is 0.265 e. The number of nitrogens with two attached hydrogens (primary N) is 1. The zero-order valence-electron chi connectivity index (χ0n) is 6.10. The van der Waals surface area contributed by atoms with E-state index in [1.54, 1.807) is 0 Å². The molecule has 0 bridgehead atoms. The van der Waals surface area contributed by atoms with Gasteiger partial charge in [0.2, 0.25) is 0 Å². The van der Waals surface area contributed by atoms with Gasteiger partial charge in [-0.25, -0.2) is 13.8 Å². The zero-order chi connectivity index (χ0) is 9.14. The van der Waals surface area contributed by atoms with Gasteiger partial charge >= 0.3 is 0 Å². The number of alkyl halides is 3. The largest absolute Gasteiger partial charge is 0.384 e. The van der Waals surface area contributed by atoms with Gasteiger partial charge < -0.3 is 5.73 Å². The smallest absolute Gasteiger partial charge is 0.265 e. The van der Waals surface area contributed by atoms with E-state index in [1.165, 1.54) is 12.1 Å². The van der Waals surface area contributed by atoms with Gasteiger partial charge in [0.05, 0.1) is 11.6 Å². The Morgan fingerprint density at radius 2 is 2.17 bits per heavy atom. The number of nitrogens with zero attached hydrogens (tertiary/aromatic N) is 1. The highest BCUT2D eigenvalue weighted by Crippen LogP contribution is 2.23. The van der Waals surface area contributed by atoms with Crippen molar-refractivity contribution in [2.24, 2.45) is 0 Å². The molecule has 0 unspecified atom stereocenters. The minimum absolute atomic E-state index is 0.0509. The minimum Gasteiger partial charge on any atom is -0.384 e. The standard InChI is InChI=1S/C7H7ClF2N2/c8-3-5-4(7(9)10)1-2-6(11)12-5/h1-2,7H,3H2,(H2,11,12). The summed E-state index contributed by atoms with van der Waals surface area (Å²) in [6.07, 6.45) is -2.55.